The molecular weight excluding hydrogens is 321 g/mol. The number of hydrogen-bond donors (Lipinski definition) is 1. The van der Waals surface area contributed by atoms with E-state index in [0.29, 0.717) is 11.2 Å². The lowest BCUT2D eigenvalue weighted by Gasteiger charge is -2.05. The number of anilines is 1. The zero-order valence-corrected chi connectivity index (χ0v) is 11.7. The Morgan fingerprint density at radius 3 is 2.65 bits per heavy atom. The van der Waals surface area contributed by atoms with Crippen molar-refractivity contribution in [3.63, 3.8) is 0 Å². The van der Waals surface area contributed by atoms with Gasteiger partial charge < -0.3 is 5.32 Å². The lowest BCUT2D eigenvalue weighted by molar-refractivity contribution is -0.385. The third-order valence-electron chi connectivity index (χ3n) is 2.71. The first kappa shape index (κ1) is 16.5. The largest absolute Gasteiger partial charge is 0.408 e. The van der Waals surface area contributed by atoms with Gasteiger partial charge in [-0.05, 0) is 6.92 Å². The molecule has 0 aliphatic heterocycles. The molecule has 0 saturated carbocycles. The lowest BCUT2D eigenvalue weighted by atomic mass is 10.3. The molecule has 1 N–H and O–H groups in total. The lowest BCUT2D eigenvalue weighted by Crippen LogP contribution is -2.18. The molecule has 0 aliphatic carbocycles. The molecule has 2 aromatic rings. The minimum atomic E-state index is -4.45. The van der Waals surface area contributed by atoms with Gasteiger partial charge in [-0.2, -0.15) is 23.4 Å². The second kappa shape index (κ2) is 6.06. The molecule has 0 radical (unpaired) electrons. The number of halogens is 3. The SMILES string of the molecule is CCn1cc([N+](=O)[O-])c(C(=O)Nc2cnn(CC(F)(F)F)c2)n1. The van der Waals surface area contributed by atoms with Gasteiger partial charge in [-0.3, -0.25) is 24.3 Å². The van der Waals surface area contributed by atoms with Crippen molar-refractivity contribution >= 4 is 17.3 Å². The van der Waals surface area contributed by atoms with E-state index < -0.39 is 34.9 Å². The van der Waals surface area contributed by atoms with Crippen LogP contribution in [0.5, 0.6) is 0 Å². The van der Waals surface area contributed by atoms with Gasteiger partial charge in [-0.1, -0.05) is 0 Å². The van der Waals surface area contributed by atoms with Crippen LogP contribution in [0.15, 0.2) is 18.6 Å². The standard InChI is InChI=1S/C11H11F3N6O3/c1-2-18-5-8(20(22)23)9(17-18)10(21)16-7-3-15-19(4-7)6-11(12,13)14/h3-5H,2,6H2,1H3,(H,16,21). The minimum Gasteiger partial charge on any atom is -0.318 e. The summed E-state index contributed by atoms with van der Waals surface area (Å²) < 4.78 is 38.5. The fourth-order valence-corrected chi connectivity index (χ4v) is 1.76. The molecule has 0 fully saturated rings. The van der Waals surface area contributed by atoms with Crippen molar-refractivity contribution in [2.75, 3.05) is 5.32 Å². The Bertz CT molecular complexity index is 736. The molecule has 0 bridgehead atoms. The number of alkyl halides is 3. The maximum atomic E-state index is 12.2. The third kappa shape index (κ3) is 4.05. The highest BCUT2D eigenvalue weighted by Gasteiger charge is 2.29. The first-order valence-electron chi connectivity index (χ1n) is 6.32. The summed E-state index contributed by atoms with van der Waals surface area (Å²) in [5.74, 6) is -0.907. The predicted octanol–water partition coefficient (Wildman–Crippen LogP) is 1.82. The third-order valence-corrected chi connectivity index (χ3v) is 2.71. The molecule has 12 heteroatoms. The zero-order chi connectivity index (χ0) is 17.2. The molecule has 0 atom stereocenters. The van der Waals surface area contributed by atoms with Gasteiger partial charge in [0.2, 0.25) is 5.69 Å². The maximum Gasteiger partial charge on any atom is 0.408 e. The zero-order valence-electron chi connectivity index (χ0n) is 11.7. The monoisotopic (exact) mass is 332 g/mol. The number of nitrogens with one attached hydrogen (secondary N) is 1. The van der Waals surface area contributed by atoms with Gasteiger partial charge in [-0.25, -0.2) is 0 Å². The molecule has 2 heterocycles. The van der Waals surface area contributed by atoms with Crippen LogP contribution in [0, 0.1) is 10.1 Å². The van der Waals surface area contributed by atoms with Crippen LogP contribution in [0.4, 0.5) is 24.5 Å². The van der Waals surface area contributed by atoms with Crippen molar-refractivity contribution in [3.05, 3.63) is 34.4 Å². The highest BCUT2D eigenvalue weighted by Crippen LogP contribution is 2.20. The Hall–Kier alpha value is -2.92. The highest BCUT2D eigenvalue weighted by molar-refractivity contribution is 6.05. The van der Waals surface area contributed by atoms with E-state index in [-0.39, 0.29) is 5.69 Å². The summed E-state index contributed by atoms with van der Waals surface area (Å²) in [6, 6.07) is 0. The molecule has 0 spiro atoms. The van der Waals surface area contributed by atoms with E-state index in [0.717, 1.165) is 18.6 Å². The number of nitrogens with zero attached hydrogens (tertiary/aromatic N) is 5. The van der Waals surface area contributed by atoms with Crippen molar-refractivity contribution in [2.24, 2.45) is 0 Å². The first-order valence-corrected chi connectivity index (χ1v) is 6.32. The summed E-state index contributed by atoms with van der Waals surface area (Å²) in [7, 11) is 0. The number of rotatable bonds is 5. The van der Waals surface area contributed by atoms with E-state index in [9.17, 15) is 28.1 Å². The normalized spacial score (nSPS) is 11.5. The van der Waals surface area contributed by atoms with Crippen molar-refractivity contribution < 1.29 is 22.9 Å². The van der Waals surface area contributed by atoms with Crippen LogP contribution < -0.4 is 5.32 Å². The number of aromatic nitrogens is 4. The van der Waals surface area contributed by atoms with E-state index in [1.165, 1.54) is 4.68 Å². The number of hydrogen-bond acceptors (Lipinski definition) is 5. The van der Waals surface area contributed by atoms with Crippen LogP contribution in [0.3, 0.4) is 0 Å². The Morgan fingerprint density at radius 2 is 2.09 bits per heavy atom. The van der Waals surface area contributed by atoms with E-state index in [1.54, 1.807) is 6.92 Å². The highest BCUT2D eigenvalue weighted by atomic mass is 19.4. The number of amides is 1. The summed E-state index contributed by atoms with van der Waals surface area (Å²) in [5.41, 5.74) is -0.952. The minimum absolute atomic E-state index is 0.0282. The van der Waals surface area contributed by atoms with Crippen LogP contribution in [-0.2, 0) is 13.1 Å². The second-order valence-corrected chi connectivity index (χ2v) is 4.47. The summed E-state index contributed by atoms with van der Waals surface area (Å²) in [6.45, 7) is 0.685. The fraction of sp³-hybridized carbons (Fsp3) is 0.364. The van der Waals surface area contributed by atoms with Crippen molar-refractivity contribution in [1.82, 2.24) is 19.6 Å². The van der Waals surface area contributed by atoms with Gasteiger partial charge in [0.25, 0.3) is 5.91 Å². The smallest absolute Gasteiger partial charge is 0.318 e. The summed E-state index contributed by atoms with van der Waals surface area (Å²) in [5, 5.41) is 20.3. The predicted molar refractivity (Wildman–Crippen MR) is 70.8 cm³/mol. The summed E-state index contributed by atoms with van der Waals surface area (Å²) in [6.07, 6.45) is -1.38. The van der Waals surface area contributed by atoms with Crippen molar-refractivity contribution in [1.29, 1.82) is 0 Å². The van der Waals surface area contributed by atoms with Gasteiger partial charge in [0.05, 0.1) is 16.8 Å². The fourth-order valence-electron chi connectivity index (χ4n) is 1.76. The quantitative estimate of drug-likeness (QED) is 0.664. The van der Waals surface area contributed by atoms with Gasteiger partial charge in [-0.15, -0.1) is 0 Å². The van der Waals surface area contributed by atoms with Crippen LogP contribution in [-0.4, -0.2) is 36.6 Å². The topological polar surface area (TPSA) is 108 Å². The van der Waals surface area contributed by atoms with E-state index in [2.05, 4.69) is 15.5 Å². The van der Waals surface area contributed by atoms with Crippen molar-refractivity contribution in [2.45, 2.75) is 26.2 Å². The number of nitro groups is 1. The van der Waals surface area contributed by atoms with Crippen molar-refractivity contribution in [3.8, 4) is 0 Å². The van der Waals surface area contributed by atoms with Crippen LogP contribution in [0.2, 0.25) is 0 Å². The number of aryl methyl sites for hydroxylation is 1. The Labute approximate surface area is 126 Å². The molecule has 0 unspecified atom stereocenters. The molecule has 0 aliphatic rings. The molecule has 0 saturated heterocycles. The number of carbonyl (C=O) groups excluding carboxylic acids is 1. The molecule has 9 nitrogen and oxygen atoms in total. The second-order valence-electron chi connectivity index (χ2n) is 4.47. The molecular formula is C11H11F3N6O3. The van der Waals surface area contributed by atoms with Crippen LogP contribution in [0.1, 0.15) is 17.4 Å². The van der Waals surface area contributed by atoms with Gasteiger partial charge in [0, 0.05) is 12.7 Å². The van der Waals surface area contributed by atoms with E-state index in [4.69, 9.17) is 0 Å². The molecule has 2 rings (SSSR count). The molecule has 0 aromatic carbocycles. The molecule has 124 valence electrons. The van der Waals surface area contributed by atoms with Gasteiger partial charge in [0.15, 0.2) is 0 Å². The van der Waals surface area contributed by atoms with Crippen LogP contribution in [0.25, 0.3) is 0 Å². The Kier molecular flexibility index (Phi) is 4.33. The Balaban J connectivity index is 2.16. The van der Waals surface area contributed by atoms with E-state index in [1.807, 2.05) is 0 Å². The summed E-state index contributed by atoms with van der Waals surface area (Å²) in [4.78, 5) is 22.1. The first-order chi connectivity index (χ1) is 10.7. The average molecular weight is 332 g/mol. The Morgan fingerprint density at radius 1 is 1.39 bits per heavy atom. The molecule has 23 heavy (non-hydrogen) atoms. The molecule has 2 aromatic heterocycles. The maximum absolute atomic E-state index is 12.2. The average Bonchev–Trinajstić information content (AvgIpc) is 3.03. The summed E-state index contributed by atoms with van der Waals surface area (Å²) >= 11 is 0. The molecule has 1 amide bonds. The van der Waals surface area contributed by atoms with Gasteiger partial charge >= 0.3 is 11.9 Å². The van der Waals surface area contributed by atoms with Crippen LogP contribution >= 0.6 is 0 Å². The number of carbonyl (C=O) groups is 1. The van der Waals surface area contributed by atoms with Gasteiger partial charge in [0.1, 0.15) is 12.7 Å². The van der Waals surface area contributed by atoms with E-state index >= 15 is 0 Å².